The molecule has 1 aromatic rings. The number of nitrogens with one attached hydrogen (secondary N) is 1. The van der Waals surface area contributed by atoms with Crippen molar-refractivity contribution in [1.29, 1.82) is 0 Å². The van der Waals surface area contributed by atoms with E-state index in [0.29, 0.717) is 41.7 Å². The zero-order chi connectivity index (χ0) is 24.3. The Morgan fingerprint density at radius 2 is 1.97 bits per heavy atom. The smallest absolute Gasteiger partial charge is 0.410 e. The van der Waals surface area contributed by atoms with E-state index < -0.39 is 0 Å². The van der Waals surface area contributed by atoms with Crippen LogP contribution in [0.1, 0.15) is 69.7 Å². The van der Waals surface area contributed by atoms with Crippen molar-refractivity contribution < 1.29 is 19.4 Å². The number of rotatable bonds is 4. The first-order valence-corrected chi connectivity index (χ1v) is 12.7. The highest BCUT2D eigenvalue weighted by atomic mass is 16.6. The van der Waals surface area contributed by atoms with E-state index >= 15 is 0 Å². The number of anilines is 1. The highest BCUT2D eigenvalue weighted by Gasteiger charge is 2.60. The summed E-state index contributed by atoms with van der Waals surface area (Å²) in [6.45, 7) is 7.13. The van der Waals surface area contributed by atoms with E-state index in [1.807, 2.05) is 20.8 Å². The summed E-state index contributed by atoms with van der Waals surface area (Å²) in [5.41, 5.74) is 0.552. The maximum atomic E-state index is 13.1. The molecule has 4 atom stereocenters. The molecule has 1 unspecified atom stereocenters. The lowest BCUT2D eigenvalue weighted by Crippen LogP contribution is -2.59. The molecule has 8 nitrogen and oxygen atoms in total. The van der Waals surface area contributed by atoms with Crippen molar-refractivity contribution in [2.75, 3.05) is 25.5 Å². The van der Waals surface area contributed by atoms with E-state index in [-0.39, 0.29) is 35.8 Å². The standard InChI is InChI=1S/C26H38N4O4/c1-25(2,3)29(4)23(32)20-6-5-8-27-22(20)28-18-7-9-30(15-18)24(33)34-21-16-10-19(31)14-26(11-16)12-17(21)13-26/h5-6,8,16-19,21,31H,7,9-15H2,1-4H3,(H,27,28)/t16?,17?,18-,19+,21-,26?/m1/s1. The summed E-state index contributed by atoms with van der Waals surface area (Å²) in [5.74, 6) is 1.21. The molecule has 1 aliphatic heterocycles. The van der Waals surface area contributed by atoms with Crippen molar-refractivity contribution in [3.8, 4) is 0 Å². The molecule has 8 heteroatoms. The van der Waals surface area contributed by atoms with Crippen LogP contribution < -0.4 is 5.32 Å². The monoisotopic (exact) mass is 470 g/mol. The molecule has 1 saturated heterocycles. The number of hydrogen-bond acceptors (Lipinski definition) is 6. The molecule has 0 radical (unpaired) electrons. The van der Waals surface area contributed by atoms with Gasteiger partial charge in [0.1, 0.15) is 11.9 Å². The average Bonchev–Trinajstić information content (AvgIpc) is 3.22. The van der Waals surface area contributed by atoms with Gasteiger partial charge in [0.05, 0.1) is 11.7 Å². The molecule has 34 heavy (non-hydrogen) atoms. The van der Waals surface area contributed by atoms with Gasteiger partial charge in [-0.2, -0.15) is 0 Å². The van der Waals surface area contributed by atoms with Gasteiger partial charge in [0.15, 0.2) is 0 Å². The average molecular weight is 471 g/mol. The van der Waals surface area contributed by atoms with Gasteiger partial charge >= 0.3 is 6.09 Å². The topological polar surface area (TPSA) is 95.0 Å². The number of aromatic nitrogens is 1. The summed E-state index contributed by atoms with van der Waals surface area (Å²) in [6, 6.07) is 3.57. The Morgan fingerprint density at radius 3 is 2.71 bits per heavy atom. The van der Waals surface area contributed by atoms with Crippen molar-refractivity contribution in [1.82, 2.24) is 14.8 Å². The maximum Gasteiger partial charge on any atom is 0.410 e. The van der Waals surface area contributed by atoms with Crippen molar-refractivity contribution >= 4 is 17.8 Å². The van der Waals surface area contributed by atoms with E-state index in [1.54, 1.807) is 35.2 Å². The molecule has 5 fully saturated rings. The van der Waals surface area contributed by atoms with Gasteiger partial charge in [-0.05, 0) is 88.7 Å². The molecule has 5 aliphatic rings. The molecular formula is C26H38N4O4. The fourth-order valence-corrected chi connectivity index (χ4v) is 6.71. The third-order valence-electron chi connectivity index (χ3n) is 8.63. The fourth-order valence-electron chi connectivity index (χ4n) is 6.71. The first-order valence-electron chi connectivity index (χ1n) is 12.7. The third-order valence-corrected chi connectivity index (χ3v) is 8.63. The third kappa shape index (κ3) is 4.25. The zero-order valence-corrected chi connectivity index (χ0v) is 20.8. The molecule has 0 aromatic carbocycles. The second-order valence-electron chi connectivity index (χ2n) is 12.1. The number of ether oxygens (including phenoxy) is 1. The molecule has 6 rings (SSSR count). The van der Waals surface area contributed by atoms with E-state index in [2.05, 4.69) is 10.3 Å². The molecule has 1 aromatic heterocycles. The van der Waals surface area contributed by atoms with Crippen LogP contribution >= 0.6 is 0 Å². The first-order chi connectivity index (χ1) is 16.0. The van der Waals surface area contributed by atoms with Crippen LogP contribution in [-0.2, 0) is 4.74 Å². The summed E-state index contributed by atoms with van der Waals surface area (Å²) in [7, 11) is 1.80. The zero-order valence-electron chi connectivity index (χ0n) is 20.8. The normalized spacial score (nSPS) is 34.3. The van der Waals surface area contributed by atoms with Crippen molar-refractivity contribution in [2.45, 2.75) is 83.1 Å². The predicted octanol–water partition coefficient (Wildman–Crippen LogP) is 3.51. The maximum absolute atomic E-state index is 13.1. The quantitative estimate of drug-likeness (QED) is 0.699. The molecule has 4 aliphatic carbocycles. The van der Waals surface area contributed by atoms with Crippen LogP contribution in [-0.4, -0.2) is 75.8 Å². The van der Waals surface area contributed by atoms with Crippen molar-refractivity contribution in [2.24, 2.45) is 17.3 Å². The molecule has 1 spiro atoms. The number of aliphatic hydroxyl groups excluding tert-OH is 1. The summed E-state index contributed by atoms with van der Waals surface area (Å²) < 4.78 is 6.06. The van der Waals surface area contributed by atoms with Crippen LogP contribution in [0.25, 0.3) is 0 Å². The summed E-state index contributed by atoms with van der Waals surface area (Å²) in [5, 5.41) is 13.7. The van der Waals surface area contributed by atoms with Gasteiger partial charge in [0.2, 0.25) is 0 Å². The largest absolute Gasteiger partial charge is 0.446 e. The van der Waals surface area contributed by atoms with E-state index in [9.17, 15) is 14.7 Å². The van der Waals surface area contributed by atoms with Crippen LogP contribution in [0.3, 0.4) is 0 Å². The molecule has 186 valence electrons. The summed E-state index contributed by atoms with van der Waals surface area (Å²) >= 11 is 0. The highest BCUT2D eigenvalue weighted by molar-refractivity contribution is 5.99. The second-order valence-corrected chi connectivity index (χ2v) is 12.1. The Balaban J connectivity index is 1.19. The number of nitrogens with zero attached hydrogens (tertiary/aromatic N) is 3. The minimum absolute atomic E-state index is 0.00755. The Bertz CT molecular complexity index is 954. The molecule has 2 N–H and O–H groups in total. The Morgan fingerprint density at radius 1 is 1.24 bits per heavy atom. The SMILES string of the molecule is CN(C(=O)c1cccnc1N[C@@H]1CCN(C(=O)O[C@@H]2C3C[C@H](O)CC4(C3)CC2C4)C1)C(C)(C)C. The van der Waals surface area contributed by atoms with Gasteiger partial charge in [-0.15, -0.1) is 0 Å². The van der Waals surface area contributed by atoms with E-state index in [4.69, 9.17) is 4.74 Å². The van der Waals surface area contributed by atoms with Crippen molar-refractivity contribution in [3.63, 3.8) is 0 Å². The van der Waals surface area contributed by atoms with E-state index in [0.717, 1.165) is 38.5 Å². The lowest BCUT2D eigenvalue weighted by atomic mass is 9.45. The van der Waals surface area contributed by atoms with Gasteiger partial charge in [0.25, 0.3) is 5.91 Å². The van der Waals surface area contributed by atoms with Crippen LogP contribution in [0, 0.1) is 17.3 Å². The van der Waals surface area contributed by atoms with Gasteiger partial charge in [-0.1, -0.05) is 0 Å². The van der Waals surface area contributed by atoms with Crippen LogP contribution in [0.5, 0.6) is 0 Å². The van der Waals surface area contributed by atoms with E-state index in [1.165, 1.54) is 0 Å². The van der Waals surface area contributed by atoms with Crippen LogP contribution in [0.2, 0.25) is 0 Å². The molecular weight excluding hydrogens is 432 g/mol. The fraction of sp³-hybridized carbons (Fsp3) is 0.731. The van der Waals surface area contributed by atoms with Gasteiger partial charge < -0.3 is 25.0 Å². The lowest BCUT2D eigenvalue weighted by molar-refractivity contribution is -0.182. The molecule has 2 amide bonds. The number of amides is 2. The van der Waals surface area contributed by atoms with Gasteiger partial charge in [0, 0.05) is 37.9 Å². The Labute approximate surface area is 202 Å². The number of pyridine rings is 1. The molecule has 2 heterocycles. The summed E-state index contributed by atoms with van der Waals surface area (Å²) in [4.78, 5) is 34.0. The highest BCUT2D eigenvalue weighted by Crippen LogP contribution is 2.64. The van der Waals surface area contributed by atoms with Gasteiger partial charge in [-0.25, -0.2) is 9.78 Å². The van der Waals surface area contributed by atoms with Gasteiger partial charge in [-0.3, -0.25) is 4.79 Å². The summed E-state index contributed by atoms with van der Waals surface area (Å²) in [6.07, 6.45) is 6.80. The van der Waals surface area contributed by atoms with Crippen LogP contribution in [0.15, 0.2) is 18.3 Å². The number of aliphatic hydroxyl groups is 1. The lowest BCUT2D eigenvalue weighted by Gasteiger charge is -2.62. The first kappa shape index (κ1) is 23.4. The Hall–Kier alpha value is -2.35. The number of carbonyl (C=O) groups is 2. The molecule has 4 saturated carbocycles. The molecule has 3 bridgehead atoms. The van der Waals surface area contributed by atoms with Crippen LogP contribution in [0.4, 0.5) is 10.6 Å². The number of carbonyl (C=O) groups excluding carboxylic acids is 2. The number of likely N-dealkylation sites (tertiary alicyclic amines) is 1. The minimum atomic E-state index is -0.300. The predicted molar refractivity (Wildman–Crippen MR) is 128 cm³/mol. The number of hydrogen-bond donors (Lipinski definition) is 2. The second kappa shape index (κ2) is 8.40. The minimum Gasteiger partial charge on any atom is -0.446 e. The Kier molecular flexibility index (Phi) is 5.78. The van der Waals surface area contributed by atoms with Crippen molar-refractivity contribution in [3.05, 3.63) is 23.9 Å².